The summed E-state index contributed by atoms with van der Waals surface area (Å²) >= 11 is 0. The highest BCUT2D eigenvalue weighted by Gasteiger charge is 2.16. The fourth-order valence-corrected chi connectivity index (χ4v) is 3.66. The number of H-pyrrole nitrogens is 1. The number of aromatic nitrogens is 2. The lowest BCUT2D eigenvalue weighted by Crippen LogP contribution is -2.17. The van der Waals surface area contributed by atoms with Crippen LogP contribution in [0.25, 0.3) is 22.0 Å². The number of para-hydroxylation sites is 1. The van der Waals surface area contributed by atoms with Gasteiger partial charge in [-0.3, -0.25) is 14.7 Å². The van der Waals surface area contributed by atoms with E-state index in [0.717, 1.165) is 27.6 Å². The van der Waals surface area contributed by atoms with Gasteiger partial charge in [0.2, 0.25) is 5.91 Å². The number of ether oxygens (including phenoxy) is 2. The molecule has 0 aliphatic heterocycles. The number of hydrogen-bond donors (Lipinski definition) is 3. The summed E-state index contributed by atoms with van der Waals surface area (Å²) in [6, 6.07) is 18.3. The summed E-state index contributed by atoms with van der Waals surface area (Å²) in [4.78, 5) is 25.2. The third kappa shape index (κ3) is 5.33. The van der Waals surface area contributed by atoms with Crippen molar-refractivity contribution in [1.82, 2.24) is 10.2 Å². The Labute approximate surface area is 203 Å². The Hall–Kier alpha value is -4.59. The van der Waals surface area contributed by atoms with E-state index in [4.69, 9.17) is 9.47 Å². The Morgan fingerprint density at radius 3 is 2.29 bits per heavy atom. The van der Waals surface area contributed by atoms with E-state index >= 15 is 0 Å². The molecule has 8 heteroatoms. The lowest BCUT2D eigenvalue weighted by atomic mass is 10.0. The average molecular weight is 471 g/mol. The van der Waals surface area contributed by atoms with Crippen molar-refractivity contribution in [2.75, 3.05) is 24.9 Å². The van der Waals surface area contributed by atoms with E-state index in [1.807, 2.05) is 50.2 Å². The van der Waals surface area contributed by atoms with Crippen LogP contribution in [-0.4, -0.2) is 36.2 Å². The number of nitrogens with one attached hydrogen (secondary N) is 3. The maximum atomic E-state index is 13.1. The van der Waals surface area contributed by atoms with Gasteiger partial charge in [-0.1, -0.05) is 23.8 Å². The molecule has 8 nitrogen and oxygen atoms in total. The molecule has 0 radical (unpaired) electrons. The van der Waals surface area contributed by atoms with Crippen LogP contribution in [0.15, 0.2) is 72.3 Å². The third-order valence-corrected chi connectivity index (χ3v) is 5.33. The number of aromatic amines is 1. The summed E-state index contributed by atoms with van der Waals surface area (Å²) in [5.41, 5.74) is 4.22. The Balaban J connectivity index is 1.60. The van der Waals surface area contributed by atoms with Crippen molar-refractivity contribution in [2.45, 2.75) is 13.8 Å². The Kier molecular flexibility index (Phi) is 6.82. The second-order valence-electron chi connectivity index (χ2n) is 8.14. The van der Waals surface area contributed by atoms with Crippen molar-refractivity contribution in [2.24, 2.45) is 0 Å². The van der Waals surface area contributed by atoms with Crippen molar-refractivity contribution >= 4 is 34.2 Å². The van der Waals surface area contributed by atoms with Gasteiger partial charge < -0.3 is 20.1 Å². The molecule has 35 heavy (non-hydrogen) atoms. The third-order valence-electron chi connectivity index (χ3n) is 5.33. The molecular weight excluding hydrogens is 444 g/mol. The highest BCUT2D eigenvalue weighted by molar-refractivity contribution is 6.13. The van der Waals surface area contributed by atoms with Crippen molar-refractivity contribution in [3.05, 3.63) is 77.9 Å². The van der Waals surface area contributed by atoms with Gasteiger partial charge in [0.15, 0.2) is 5.82 Å². The van der Waals surface area contributed by atoms with Crippen LogP contribution >= 0.6 is 0 Å². The minimum atomic E-state index is -0.381. The molecule has 1 aromatic heterocycles. The second kappa shape index (κ2) is 10.1. The van der Waals surface area contributed by atoms with Crippen LogP contribution in [0.4, 0.5) is 11.5 Å². The van der Waals surface area contributed by atoms with Gasteiger partial charge in [-0.15, -0.1) is 0 Å². The van der Waals surface area contributed by atoms with E-state index in [-0.39, 0.29) is 11.8 Å². The largest absolute Gasteiger partial charge is 0.497 e. The van der Waals surface area contributed by atoms with E-state index in [0.29, 0.717) is 28.6 Å². The van der Waals surface area contributed by atoms with E-state index in [9.17, 15) is 9.59 Å². The predicted molar refractivity (Wildman–Crippen MR) is 137 cm³/mol. The number of amides is 2. The standard InChI is InChI=1S/C27H26N4O4/c1-16(2)11-25(32)28-23-8-6-5-7-22(23)27(33)29-26-21-10-9-17(14-24(21)30-31-26)18-12-19(34-3)15-20(13-18)35-4/h5-15H,1-4H3,(H,28,32)(H2,29,30,31,33). The molecule has 0 aliphatic rings. The number of nitrogens with zero attached hydrogens (tertiary/aromatic N) is 1. The van der Waals surface area contributed by atoms with Crippen LogP contribution < -0.4 is 20.1 Å². The number of allylic oxidation sites excluding steroid dienone is 1. The van der Waals surface area contributed by atoms with Crippen LogP contribution in [0.5, 0.6) is 11.5 Å². The smallest absolute Gasteiger partial charge is 0.258 e. The molecular formula is C27H26N4O4. The Morgan fingerprint density at radius 2 is 1.60 bits per heavy atom. The minimum absolute atomic E-state index is 0.294. The lowest BCUT2D eigenvalue weighted by Gasteiger charge is -2.10. The van der Waals surface area contributed by atoms with Crippen LogP contribution in [-0.2, 0) is 4.79 Å². The molecule has 0 spiro atoms. The van der Waals surface area contributed by atoms with E-state index in [2.05, 4.69) is 20.8 Å². The first kappa shape index (κ1) is 23.6. The Bertz CT molecular complexity index is 1410. The van der Waals surface area contributed by atoms with Gasteiger partial charge in [-0.2, -0.15) is 5.10 Å². The van der Waals surface area contributed by atoms with Gasteiger partial charge in [-0.05, 0) is 61.4 Å². The fourth-order valence-electron chi connectivity index (χ4n) is 3.66. The monoisotopic (exact) mass is 470 g/mol. The summed E-state index contributed by atoms with van der Waals surface area (Å²) in [7, 11) is 3.22. The van der Waals surface area contributed by atoms with E-state index in [1.165, 1.54) is 6.08 Å². The lowest BCUT2D eigenvalue weighted by molar-refractivity contribution is -0.111. The van der Waals surface area contributed by atoms with Crippen LogP contribution in [0, 0.1) is 0 Å². The highest BCUT2D eigenvalue weighted by atomic mass is 16.5. The fraction of sp³-hybridized carbons (Fsp3) is 0.148. The Morgan fingerprint density at radius 1 is 0.886 bits per heavy atom. The number of carbonyl (C=O) groups excluding carboxylic acids is 2. The molecule has 3 N–H and O–H groups in total. The van der Waals surface area contributed by atoms with Crippen molar-refractivity contribution in [3.8, 4) is 22.6 Å². The van der Waals surface area contributed by atoms with Crippen LogP contribution in [0.1, 0.15) is 24.2 Å². The van der Waals surface area contributed by atoms with Gasteiger partial charge in [0.1, 0.15) is 11.5 Å². The number of methoxy groups -OCH3 is 2. The van der Waals surface area contributed by atoms with Crippen molar-refractivity contribution < 1.29 is 19.1 Å². The first-order chi connectivity index (χ1) is 16.9. The van der Waals surface area contributed by atoms with Crippen molar-refractivity contribution in [3.63, 3.8) is 0 Å². The molecule has 4 rings (SSSR count). The number of fused-ring (bicyclic) bond motifs is 1. The van der Waals surface area contributed by atoms with Gasteiger partial charge in [-0.25, -0.2) is 0 Å². The molecule has 178 valence electrons. The number of benzene rings is 3. The average Bonchev–Trinajstić information content (AvgIpc) is 3.25. The first-order valence-corrected chi connectivity index (χ1v) is 11.0. The molecule has 0 atom stereocenters. The molecule has 0 aliphatic carbocycles. The molecule has 0 saturated heterocycles. The predicted octanol–water partition coefficient (Wildman–Crippen LogP) is 5.40. The van der Waals surface area contributed by atoms with Crippen LogP contribution in [0.2, 0.25) is 0 Å². The van der Waals surface area contributed by atoms with Gasteiger partial charge in [0.25, 0.3) is 5.91 Å². The molecule has 0 unspecified atom stereocenters. The molecule has 1 heterocycles. The highest BCUT2D eigenvalue weighted by Crippen LogP contribution is 2.32. The van der Waals surface area contributed by atoms with E-state index in [1.54, 1.807) is 38.5 Å². The SMILES string of the molecule is COc1cc(OC)cc(-c2ccc3c(NC(=O)c4ccccc4NC(=O)C=C(C)C)n[nH]c3c2)c1. The summed E-state index contributed by atoms with van der Waals surface area (Å²) in [6.45, 7) is 3.66. The number of hydrogen-bond acceptors (Lipinski definition) is 5. The number of rotatable bonds is 7. The summed E-state index contributed by atoms with van der Waals surface area (Å²) < 4.78 is 10.7. The zero-order chi connectivity index (χ0) is 24.9. The first-order valence-electron chi connectivity index (χ1n) is 11.0. The minimum Gasteiger partial charge on any atom is -0.497 e. The number of anilines is 2. The molecule has 0 fully saturated rings. The molecule has 3 aromatic carbocycles. The topological polar surface area (TPSA) is 105 Å². The zero-order valence-corrected chi connectivity index (χ0v) is 19.9. The zero-order valence-electron chi connectivity index (χ0n) is 19.9. The molecule has 0 bridgehead atoms. The molecule has 4 aromatic rings. The number of carbonyl (C=O) groups is 2. The maximum absolute atomic E-state index is 13.1. The maximum Gasteiger partial charge on any atom is 0.258 e. The molecule has 2 amide bonds. The quantitative estimate of drug-likeness (QED) is 0.314. The van der Waals surface area contributed by atoms with E-state index < -0.39 is 0 Å². The summed E-state index contributed by atoms with van der Waals surface area (Å²) in [6.07, 6.45) is 1.48. The summed E-state index contributed by atoms with van der Waals surface area (Å²) in [5.74, 6) is 1.09. The summed E-state index contributed by atoms with van der Waals surface area (Å²) in [5, 5.41) is 13.6. The van der Waals surface area contributed by atoms with Crippen LogP contribution in [0.3, 0.4) is 0 Å². The van der Waals surface area contributed by atoms with Crippen molar-refractivity contribution in [1.29, 1.82) is 0 Å². The van der Waals surface area contributed by atoms with Gasteiger partial charge in [0, 0.05) is 17.5 Å². The second-order valence-corrected chi connectivity index (χ2v) is 8.14. The normalized spacial score (nSPS) is 10.5. The van der Waals surface area contributed by atoms with Gasteiger partial charge >= 0.3 is 0 Å². The molecule has 0 saturated carbocycles. The van der Waals surface area contributed by atoms with Gasteiger partial charge in [0.05, 0.1) is 31.0 Å².